The van der Waals surface area contributed by atoms with Gasteiger partial charge in [-0.3, -0.25) is 4.79 Å². The zero-order chi connectivity index (χ0) is 17.1. The molecule has 2 aromatic heterocycles. The maximum atomic E-state index is 12.4. The van der Waals surface area contributed by atoms with Gasteiger partial charge in [0.1, 0.15) is 11.6 Å². The quantitative estimate of drug-likeness (QED) is 0.908. The van der Waals surface area contributed by atoms with Crippen LogP contribution >= 0.6 is 0 Å². The summed E-state index contributed by atoms with van der Waals surface area (Å²) in [5.74, 6) is 2.09. The minimum atomic E-state index is -0.0845. The lowest BCUT2D eigenvalue weighted by atomic mass is 10.2. The Morgan fingerprint density at radius 2 is 1.96 bits per heavy atom. The Morgan fingerprint density at radius 1 is 1.21 bits per heavy atom. The molecule has 3 rings (SSSR count). The lowest BCUT2D eigenvalue weighted by Gasteiger charge is -2.35. The minimum absolute atomic E-state index is 0.0845. The molecule has 0 atom stereocenters. The first-order valence-corrected chi connectivity index (χ1v) is 8.14. The zero-order valence-electron chi connectivity index (χ0n) is 14.2. The van der Waals surface area contributed by atoms with Crippen LogP contribution in [0.1, 0.15) is 28.9 Å². The van der Waals surface area contributed by atoms with Crippen LogP contribution in [0.5, 0.6) is 0 Å². The summed E-state index contributed by atoms with van der Waals surface area (Å²) in [4.78, 5) is 25.3. The molecule has 8 nitrogen and oxygen atoms in total. The van der Waals surface area contributed by atoms with E-state index in [2.05, 4.69) is 25.3 Å². The van der Waals surface area contributed by atoms with E-state index in [4.69, 9.17) is 4.52 Å². The van der Waals surface area contributed by atoms with Crippen molar-refractivity contribution in [2.24, 2.45) is 0 Å². The second-order valence-electron chi connectivity index (χ2n) is 5.82. The highest BCUT2D eigenvalue weighted by Gasteiger charge is 2.25. The predicted molar refractivity (Wildman–Crippen MR) is 90.3 cm³/mol. The lowest BCUT2D eigenvalue weighted by molar-refractivity contribution is 0.0736. The van der Waals surface area contributed by atoms with Crippen LogP contribution in [0.25, 0.3) is 0 Å². The summed E-state index contributed by atoms with van der Waals surface area (Å²) < 4.78 is 4.98. The van der Waals surface area contributed by atoms with Crippen molar-refractivity contribution in [1.29, 1.82) is 0 Å². The van der Waals surface area contributed by atoms with Crippen molar-refractivity contribution < 1.29 is 9.32 Å². The average Bonchev–Trinajstić information content (AvgIpc) is 3.00. The van der Waals surface area contributed by atoms with Gasteiger partial charge in [0.05, 0.1) is 0 Å². The Kier molecular flexibility index (Phi) is 4.64. The number of aryl methyl sites for hydroxylation is 2. The normalized spacial score (nSPS) is 14.8. The van der Waals surface area contributed by atoms with E-state index in [0.717, 1.165) is 31.1 Å². The standard InChI is InChI=1S/C16H22N6O2/c1-4-17-16-18-11(2)9-14(19-16)21-5-7-22(8-6-21)15(23)13-10-12(3)24-20-13/h9-10H,4-8H2,1-3H3,(H,17,18,19). The molecule has 0 unspecified atom stereocenters. The Morgan fingerprint density at radius 3 is 2.58 bits per heavy atom. The minimum Gasteiger partial charge on any atom is -0.361 e. The van der Waals surface area contributed by atoms with E-state index in [9.17, 15) is 4.79 Å². The summed E-state index contributed by atoms with van der Waals surface area (Å²) in [6.07, 6.45) is 0. The molecule has 1 saturated heterocycles. The van der Waals surface area contributed by atoms with Gasteiger partial charge in [-0.15, -0.1) is 0 Å². The highest BCUT2D eigenvalue weighted by molar-refractivity contribution is 5.92. The topological polar surface area (TPSA) is 87.4 Å². The van der Waals surface area contributed by atoms with Crippen molar-refractivity contribution >= 4 is 17.7 Å². The predicted octanol–water partition coefficient (Wildman–Crippen LogP) is 1.48. The van der Waals surface area contributed by atoms with Crippen molar-refractivity contribution in [3.05, 3.63) is 29.3 Å². The van der Waals surface area contributed by atoms with Crippen LogP contribution in [0.2, 0.25) is 0 Å². The molecule has 1 N–H and O–H groups in total. The maximum absolute atomic E-state index is 12.4. The van der Waals surface area contributed by atoms with Gasteiger partial charge in [-0.25, -0.2) is 4.98 Å². The van der Waals surface area contributed by atoms with Gasteiger partial charge in [0.2, 0.25) is 5.95 Å². The Bertz CT molecular complexity index is 721. The third-order valence-corrected chi connectivity index (χ3v) is 3.91. The fourth-order valence-corrected chi connectivity index (χ4v) is 2.72. The Balaban J connectivity index is 1.65. The Hall–Kier alpha value is -2.64. The first-order chi connectivity index (χ1) is 11.6. The molecule has 128 valence electrons. The van der Waals surface area contributed by atoms with Crippen LogP contribution < -0.4 is 10.2 Å². The molecule has 0 radical (unpaired) electrons. The molecule has 0 saturated carbocycles. The smallest absolute Gasteiger partial charge is 0.276 e. The average molecular weight is 330 g/mol. The highest BCUT2D eigenvalue weighted by Crippen LogP contribution is 2.18. The number of nitrogens with one attached hydrogen (secondary N) is 1. The highest BCUT2D eigenvalue weighted by atomic mass is 16.5. The summed E-state index contributed by atoms with van der Waals surface area (Å²) in [6.45, 7) is 9.24. The number of hydrogen-bond acceptors (Lipinski definition) is 7. The number of carbonyl (C=O) groups excluding carboxylic acids is 1. The molecular weight excluding hydrogens is 308 g/mol. The van der Waals surface area contributed by atoms with Gasteiger partial charge in [-0.05, 0) is 20.8 Å². The van der Waals surface area contributed by atoms with Gasteiger partial charge in [0, 0.05) is 50.6 Å². The summed E-state index contributed by atoms with van der Waals surface area (Å²) in [5.41, 5.74) is 1.29. The number of aromatic nitrogens is 3. The summed E-state index contributed by atoms with van der Waals surface area (Å²) >= 11 is 0. The number of carbonyl (C=O) groups is 1. The molecule has 8 heteroatoms. The molecule has 1 amide bonds. The molecule has 0 aromatic carbocycles. The molecule has 0 aliphatic carbocycles. The molecule has 1 aliphatic heterocycles. The van der Waals surface area contributed by atoms with Crippen molar-refractivity contribution in [3.8, 4) is 0 Å². The second kappa shape index (κ2) is 6.86. The summed E-state index contributed by atoms with van der Waals surface area (Å²) in [6, 6.07) is 3.64. The maximum Gasteiger partial charge on any atom is 0.276 e. The second-order valence-corrected chi connectivity index (χ2v) is 5.82. The monoisotopic (exact) mass is 330 g/mol. The number of rotatable bonds is 4. The molecule has 1 fully saturated rings. The van der Waals surface area contributed by atoms with Crippen molar-refractivity contribution in [1.82, 2.24) is 20.0 Å². The largest absolute Gasteiger partial charge is 0.361 e. The third-order valence-electron chi connectivity index (χ3n) is 3.91. The SMILES string of the molecule is CCNc1nc(C)cc(N2CCN(C(=O)c3cc(C)on3)CC2)n1. The van der Waals surface area contributed by atoms with Gasteiger partial charge < -0.3 is 19.6 Å². The van der Waals surface area contributed by atoms with E-state index >= 15 is 0 Å². The zero-order valence-corrected chi connectivity index (χ0v) is 14.2. The van der Waals surface area contributed by atoms with E-state index in [-0.39, 0.29) is 5.91 Å². The van der Waals surface area contributed by atoms with Crippen molar-refractivity contribution in [2.45, 2.75) is 20.8 Å². The van der Waals surface area contributed by atoms with Crippen LogP contribution in [0.15, 0.2) is 16.7 Å². The molecule has 0 bridgehead atoms. The molecule has 1 aliphatic rings. The first kappa shape index (κ1) is 16.2. The van der Waals surface area contributed by atoms with E-state index in [0.29, 0.717) is 30.5 Å². The van der Waals surface area contributed by atoms with E-state index in [1.54, 1.807) is 17.9 Å². The Labute approximate surface area is 140 Å². The number of anilines is 2. The summed E-state index contributed by atoms with van der Waals surface area (Å²) in [5, 5.41) is 6.95. The molecular formula is C16H22N6O2. The first-order valence-electron chi connectivity index (χ1n) is 8.14. The lowest BCUT2D eigenvalue weighted by Crippen LogP contribution is -2.49. The fourth-order valence-electron chi connectivity index (χ4n) is 2.72. The number of nitrogens with zero attached hydrogens (tertiary/aromatic N) is 5. The molecule has 24 heavy (non-hydrogen) atoms. The summed E-state index contributed by atoms with van der Waals surface area (Å²) in [7, 11) is 0. The van der Waals surface area contributed by atoms with E-state index in [1.807, 2.05) is 19.9 Å². The van der Waals surface area contributed by atoms with Crippen LogP contribution in [-0.4, -0.2) is 58.7 Å². The number of hydrogen-bond donors (Lipinski definition) is 1. The van der Waals surface area contributed by atoms with Crippen LogP contribution in [0.3, 0.4) is 0 Å². The van der Waals surface area contributed by atoms with Gasteiger partial charge in [0.15, 0.2) is 5.69 Å². The van der Waals surface area contributed by atoms with Crippen LogP contribution in [0.4, 0.5) is 11.8 Å². The molecule has 0 spiro atoms. The number of amides is 1. The van der Waals surface area contributed by atoms with E-state index in [1.165, 1.54) is 0 Å². The molecule has 3 heterocycles. The van der Waals surface area contributed by atoms with Gasteiger partial charge in [-0.1, -0.05) is 5.16 Å². The van der Waals surface area contributed by atoms with Crippen molar-refractivity contribution in [2.75, 3.05) is 42.9 Å². The van der Waals surface area contributed by atoms with Gasteiger partial charge in [0.25, 0.3) is 5.91 Å². The van der Waals surface area contributed by atoms with Crippen molar-refractivity contribution in [3.63, 3.8) is 0 Å². The van der Waals surface area contributed by atoms with Gasteiger partial charge >= 0.3 is 0 Å². The third kappa shape index (κ3) is 3.47. The molecule has 2 aromatic rings. The fraction of sp³-hybridized carbons (Fsp3) is 0.500. The van der Waals surface area contributed by atoms with Crippen LogP contribution in [0, 0.1) is 13.8 Å². The number of piperazine rings is 1. The van der Waals surface area contributed by atoms with Crippen LogP contribution in [-0.2, 0) is 0 Å². The van der Waals surface area contributed by atoms with E-state index < -0.39 is 0 Å². The van der Waals surface area contributed by atoms with Gasteiger partial charge in [-0.2, -0.15) is 4.98 Å².